The monoisotopic (exact) mass is 247 g/mol. The Hall–Kier alpha value is -2.20. The van der Waals surface area contributed by atoms with Gasteiger partial charge in [-0.05, 0) is 11.4 Å². The fourth-order valence-corrected chi connectivity index (χ4v) is 1.87. The highest BCUT2D eigenvalue weighted by atomic mass is 32.1. The molecule has 86 valence electrons. The first-order valence-corrected chi connectivity index (χ1v) is 5.74. The molecular weight excluding hydrogens is 238 g/mol. The third-order valence-corrected chi connectivity index (χ3v) is 2.86. The maximum atomic E-state index is 11.5. The molecule has 7 heteroatoms. The van der Waals surface area contributed by atoms with Crippen molar-refractivity contribution in [2.24, 2.45) is 0 Å². The van der Waals surface area contributed by atoms with Gasteiger partial charge in [0.25, 0.3) is 5.82 Å². The standard InChI is InChI=1S/C10H9N5OS/c11-4-9-13-7-15(14-9)6-10(16)12-5-8-2-1-3-17-8/h1-3,7H,5-6H2,(H,12,16). The van der Waals surface area contributed by atoms with Crippen LogP contribution in [0.5, 0.6) is 0 Å². The van der Waals surface area contributed by atoms with E-state index in [0.29, 0.717) is 6.54 Å². The van der Waals surface area contributed by atoms with Crippen molar-refractivity contribution in [3.63, 3.8) is 0 Å². The molecule has 2 aromatic heterocycles. The van der Waals surface area contributed by atoms with Crippen molar-refractivity contribution in [2.75, 3.05) is 0 Å². The number of hydrogen-bond acceptors (Lipinski definition) is 5. The molecule has 0 saturated heterocycles. The minimum atomic E-state index is -0.159. The number of nitrogens with one attached hydrogen (secondary N) is 1. The van der Waals surface area contributed by atoms with E-state index in [9.17, 15) is 4.79 Å². The van der Waals surface area contributed by atoms with Crippen LogP contribution < -0.4 is 5.32 Å². The summed E-state index contributed by atoms with van der Waals surface area (Å²) in [6.07, 6.45) is 1.36. The third-order valence-electron chi connectivity index (χ3n) is 1.98. The zero-order valence-corrected chi connectivity index (χ0v) is 9.65. The highest BCUT2D eigenvalue weighted by Gasteiger charge is 2.05. The van der Waals surface area contributed by atoms with Crippen molar-refractivity contribution in [2.45, 2.75) is 13.1 Å². The fourth-order valence-electron chi connectivity index (χ4n) is 1.22. The largest absolute Gasteiger partial charge is 0.350 e. The summed E-state index contributed by atoms with van der Waals surface area (Å²) in [5.41, 5.74) is 0. The van der Waals surface area contributed by atoms with Gasteiger partial charge >= 0.3 is 0 Å². The molecular formula is C10H9N5OS. The normalized spacial score (nSPS) is 9.82. The van der Waals surface area contributed by atoms with E-state index in [1.54, 1.807) is 17.4 Å². The Labute approximate surface area is 102 Å². The van der Waals surface area contributed by atoms with Gasteiger partial charge < -0.3 is 5.32 Å². The van der Waals surface area contributed by atoms with Gasteiger partial charge in [0.1, 0.15) is 18.9 Å². The first kappa shape index (κ1) is 11.3. The molecule has 6 nitrogen and oxygen atoms in total. The topological polar surface area (TPSA) is 83.6 Å². The number of nitriles is 1. The number of rotatable bonds is 4. The average molecular weight is 247 g/mol. The Morgan fingerprint density at radius 3 is 3.18 bits per heavy atom. The van der Waals surface area contributed by atoms with Crippen molar-refractivity contribution < 1.29 is 4.79 Å². The molecule has 0 aliphatic heterocycles. The molecule has 0 radical (unpaired) electrons. The predicted octanol–water partition coefficient (Wildman–Crippen LogP) is 0.528. The van der Waals surface area contributed by atoms with Crippen LogP contribution in [0.3, 0.4) is 0 Å². The fraction of sp³-hybridized carbons (Fsp3) is 0.200. The van der Waals surface area contributed by atoms with Crippen LogP contribution >= 0.6 is 11.3 Å². The Bertz CT molecular complexity index is 539. The van der Waals surface area contributed by atoms with E-state index in [0.717, 1.165) is 4.88 Å². The van der Waals surface area contributed by atoms with Crippen LogP contribution in [0.25, 0.3) is 0 Å². The van der Waals surface area contributed by atoms with Gasteiger partial charge in [0.15, 0.2) is 0 Å². The second-order valence-corrected chi connectivity index (χ2v) is 4.27. The number of hydrogen-bond donors (Lipinski definition) is 1. The lowest BCUT2D eigenvalue weighted by molar-refractivity contribution is -0.122. The summed E-state index contributed by atoms with van der Waals surface area (Å²) in [5.74, 6) is -0.0937. The average Bonchev–Trinajstić information content (AvgIpc) is 2.97. The van der Waals surface area contributed by atoms with Gasteiger partial charge in [0, 0.05) is 4.88 Å². The Kier molecular flexibility index (Phi) is 3.47. The number of nitrogens with zero attached hydrogens (tertiary/aromatic N) is 4. The van der Waals surface area contributed by atoms with Gasteiger partial charge in [-0.3, -0.25) is 4.79 Å². The molecule has 0 unspecified atom stereocenters. The number of aromatic nitrogens is 3. The molecule has 0 fully saturated rings. The Balaban J connectivity index is 1.83. The van der Waals surface area contributed by atoms with Crippen LogP contribution in [0.1, 0.15) is 10.7 Å². The molecule has 17 heavy (non-hydrogen) atoms. The third kappa shape index (κ3) is 3.12. The van der Waals surface area contributed by atoms with E-state index < -0.39 is 0 Å². The van der Waals surface area contributed by atoms with Crippen LogP contribution in [-0.2, 0) is 17.9 Å². The molecule has 0 spiro atoms. The maximum Gasteiger partial charge on any atom is 0.252 e. The zero-order valence-electron chi connectivity index (χ0n) is 8.83. The summed E-state index contributed by atoms with van der Waals surface area (Å²) in [6.45, 7) is 0.580. The molecule has 0 aromatic carbocycles. The van der Waals surface area contributed by atoms with E-state index in [2.05, 4.69) is 15.4 Å². The van der Waals surface area contributed by atoms with E-state index in [1.807, 2.05) is 17.5 Å². The van der Waals surface area contributed by atoms with E-state index in [1.165, 1.54) is 11.0 Å². The Morgan fingerprint density at radius 1 is 1.65 bits per heavy atom. The minimum Gasteiger partial charge on any atom is -0.350 e. The Morgan fingerprint density at radius 2 is 2.53 bits per heavy atom. The van der Waals surface area contributed by atoms with Crippen LogP contribution in [0, 0.1) is 11.3 Å². The lowest BCUT2D eigenvalue weighted by Gasteiger charge is -2.02. The quantitative estimate of drug-likeness (QED) is 0.854. The summed E-state index contributed by atoms with van der Waals surface area (Å²) in [7, 11) is 0. The van der Waals surface area contributed by atoms with Crippen LogP contribution in [0.15, 0.2) is 23.8 Å². The van der Waals surface area contributed by atoms with Crippen molar-refractivity contribution in [1.29, 1.82) is 5.26 Å². The van der Waals surface area contributed by atoms with Crippen LogP contribution in [0.4, 0.5) is 0 Å². The SMILES string of the molecule is N#Cc1ncn(CC(=O)NCc2cccs2)n1. The number of amides is 1. The van der Waals surface area contributed by atoms with Crippen molar-refractivity contribution in [1.82, 2.24) is 20.1 Å². The molecule has 0 aliphatic carbocycles. The lowest BCUT2D eigenvalue weighted by atomic mass is 10.4. The highest BCUT2D eigenvalue weighted by Crippen LogP contribution is 2.07. The molecule has 0 aliphatic rings. The van der Waals surface area contributed by atoms with Crippen LogP contribution in [0.2, 0.25) is 0 Å². The number of thiophene rings is 1. The molecule has 0 saturated carbocycles. The van der Waals surface area contributed by atoms with Gasteiger partial charge in [-0.1, -0.05) is 6.07 Å². The second-order valence-electron chi connectivity index (χ2n) is 3.23. The van der Waals surface area contributed by atoms with E-state index >= 15 is 0 Å². The van der Waals surface area contributed by atoms with Crippen molar-refractivity contribution in [3.05, 3.63) is 34.5 Å². The van der Waals surface area contributed by atoms with Gasteiger partial charge in [0.2, 0.25) is 5.91 Å². The summed E-state index contributed by atoms with van der Waals surface area (Å²) >= 11 is 1.59. The molecule has 0 atom stereocenters. The van der Waals surface area contributed by atoms with E-state index in [-0.39, 0.29) is 18.3 Å². The zero-order chi connectivity index (χ0) is 12.1. The summed E-state index contributed by atoms with van der Waals surface area (Å²) in [6, 6.07) is 5.69. The molecule has 1 amide bonds. The molecule has 2 heterocycles. The lowest BCUT2D eigenvalue weighted by Crippen LogP contribution is -2.27. The smallest absolute Gasteiger partial charge is 0.252 e. The summed E-state index contributed by atoms with van der Waals surface area (Å²) in [4.78, 5) is 16.3. The first-order valence-electron chi connectivity index (χ1n) is 4.86. The number of carbonyl (C=O) groups is 1. The number of carbonyl (C=O) groups excluding carboxylic acids is 1. The van der Waals surface area contributed by atoms with Crippen molar-refractivity contribution in [3.8, 4) is 6.07 Å². The maximum absolute atomic E-state index is 11.5. The van der Waals surface area contributed by atoms with Gasteiger partial charge in [-0.25, -0.2) is 9.67 Å². The predicted molar refractivity (Wildman–Crippen MR) is 60.9 cm³/mol. The van der Waals surface area contributed by atoms with Crippen molar-refractivity contribution >= 4 is 17.2 Å². The first-order chi connectivity index (χ1) is 8.28. The highest BCUT2D eigenvalue weighted by molar-refractivity contribution is 7.09. The summed E-state index contributed by atoms with van der Waals surface area (Å²) < 4.78 is 1.34. The molecule has 1 N–H and O–H groups in total. The minimum absolute atomic E-state index is 0.0658. The molecule has 2 rings (SSSR count). The second kappa shape index (κ2) is 5.23. The van der Waals surface area contributed by atoms with Gasteiger partial charge in [0.05, 0.1) is 6.54 Å². The molecule has 2 aromatic rings. The molecule has 0 bridgehead atoms. The van der Waals surface area contributed by atoms with Gasteiger partial charge in [-0.15, -0.1) is 16.4 Å². The summed E-state index contributed by atoms with van der Waals surface area (Å²) in [5, 5.41) is 17.0. The van der Waals surface area contributed by atoms with Gasteiger partial charge in [-0.2, -0.15) is 5.26 Å². The van der Waals surface area contributed by atoms with E-state index in [4.69, 9.17) is 5.26 Å². The van der Waals surface area contributed by atoms with Crippen LogP contribution in [-0.4, -0.2) is 20.7 Å².